The van der Waals surface area contributed by atoms with Crippen molar-refractivity contribution in [3.8, 4) is 11.8 Å². The minimum absolute atomic E-state index is 0.0153. The van der Waals surface area contributed by atoms with E-state index >= 15 is 0 Å². The monoisotopic (exact) mass is 427 g/mol. The predicted molar refractivity (Wildman–Crippen MR) is 109 cm³/mol. The van der Waals surface area contributed by atoms with Crippen molar-refractivity contribution in [2.75, 3.05) is 25.1 Å². The first-order chi connectivity index (χ1) is 14.9. The van der Waals surface area contributed by atoms with E-state index in [4.69, 9.17) is 10.00 Å². The molecule has 31 heavy (non-hydrogen) atoms. The van der Waals surface area contributed by atoms with E-state index in [1.165, 1.54) is 25.6 Å². The molecule has 2 bridgehead atoms. The number of nitrogens with zero attached hydrogens (tertiary/aromatic N) is 5. The van der Waals surface area contributed by atoms with E-state index in [0.29, 0.717) is 18.7 Å². The molecule has 4 rings (SSSR count). The van der Waals surface area contributed by atoms with E-state index in [1.807, 2.05) is 6.07 Å². The van der Waals surface area contributed by atoms with Crippen LogP contribution in [-0.4, -0.2) is 53.1 Å². The fourth-order valence-corrected chi connectivity index (χ4v) is 4.49. The molecule has 2 aromatic heterocycles. The molecule has 0 saturated carbocycles. The van der Waals surface area contributed by atoms with Crippen molar-refractivity contribution in [1.29, 1.82) is 5.26 Å². The van der Waals surface area contributed by atoms with Crippen molar-refractivity contribution in [2.24, 2.45) is 0 Å². The van der Waals surface area contributed by atoms with Crippen molar-refractivity contribution >= 4 is 11.7 Å². The number of alkyl halides is 2. The van der Waals surface area contributed by atoms with Crippen molar-refractivity contribution in [3.63, 3.8) is 0 Å². The number of aromatic nitrogens is 2. The molecule has 0 spiro atoms. The van der Waals surface area contributed by atoms with Crippen LogP contribution in [0.3, 0.4) is 0 Å². The van der Waals surface area contributed by atoms with Crippen LogP contribution in [0, 0.1) is 11.3 Å². The summed E-state index contributed by atoms with van der Waals surface area (Å²) in [6.45, 7) is 0.975. The van der Waals surface area contributed by atoms with E-state index in [1.54, 1.807) is 17.2 Å². The average Bonchev–Trinajstić information content (AvgIpc) is 3.06. The molecule has 2 aromatic rings. The fourth-order valence-electron chi connectivity index (χ4n) is 4.49. The van der Waals surface area contributed by atoms with Gasteiger partial charge in [-0.1, -0.05) is 0 Å². The molecule has 2 aliphatic heterocycles. The molecule has 2 saturated heterocycles. The zero-order valence-corrected chi connectivity index (χ0v) is 17.2. The Bertz CT molecular complexity index is 978. The SMILES string of the molecule is COc1cnccc1C(F)(F)CCC(=O)N1CC2CC[C@@H](C1)N2c1ccc(C#N)cn1. The molecule has 0 radical (unpaired) electrons. The molecule has 0 aromatic carbocycles. The summed E-state index contributed by atoms with van der Waals surface area (Å²) in [6.07, 6.45) is 5.09. The Balaban J connectivity index is 1.39. The summed E-state index contributed by atoms with van der Waals surface area (Å²) in [5.74, 6) is -2.65. The quantitative estimate of drug-likeness (QED) is 0.705. The molecule has 162 valence electrons. The van der Waals surface area contributed by atoms with Crippen LogP contribution < -0.4 is 9.64 Å². The molecule has 2 atom stereocenters. The molecule has 1 amide bonds. The Morgan fingerprint density at radius 3 is 2.61 bits per heavy atom. The topological polar surface area (TPSA) is 82.4 Å². The summed E-state index contributed by atoms with van der Waals surface area (Å²) in [5.41, 5.74) is 0.242. The minimum Gasteiger partial charge on any atom is -0.495 e. The second-order valence-corrected chi connectivity index (χ2v) is 7.89. The molecular weight excluding hydrogens is 404 g/mol. The zero-order valence-electron chi connectivity index (χ0n) is 17.2. The van der Waals surface area contributed by atoms with Gasteiger partial charge >= 0.3 is 0 Å². The van der Waals surface area contributed by atoms with Gasteiger partial charge in [-0.3, -0.25) is 9.78 Å². The number of halogens is 2. The number of anilines is 1. The second kappa shape index (κ2) is 8.46. The molecular formula is C22H23F2N5O2. The van der Waals surface area contributed by atoms with Crippen molar-refractivity contribution < 1.29 is 18.3 Å². The Kier molecular flexibility index (Phi) is 5.72. The summed E-state index contributed by atoms with van der Waals surface area (Å²) in [5, 5.41) is 8.95. The maximum Gasteiger partial charge on any atom is 0.277 e. The van der Waals surface area contributed by atoms with Crippen LogP contribution in [0.5, 0.6) is 5.75 Å². The third-order valence-corrected chi connectivity index (χ3v) is 6.03. The number of fused-ring (bicyclic) bond motifs is 2. The third-order valence-electron chi connectivity index (χ3n) is 6.03. The number of ether oxygens (including phenoxy) is 1. The highest BCUT2D eigenvalue weighted by Crippen LogP contribution is 2.39. The molecule has 2 fully saturated rings. The summed E-state index contributed by atoms with van der Waals surface area (Å²) in [4.78, 5) is 24.8. The highest BCUT2D eigenvalue weighted by atomic mass is 19.3. The smallest absolute Gasteiger partial charge is 0.277 e. The predicted octanol–water partition coefficient (Wildman–Crippen LogP) is 3.11. The van der Waals surface area contributed by atoms with E-state index in [2.05, 4.69) is 20.9 Å². The number of carbonyl (C=O) groups excluding carboxylic acids is 1. The normalized spacial score (nSPS) is 20.5. The Labute approximate surface area is 179 Å². The number of hydrogen-bond acceptors (Lipinski definition) is 6. The standard InChI is InChI=1S/C22H23F2N5O2/c1-31-19-12-26-9-7-18(19)22(23,24)8-6-21(30)28-13-16-3-4-17(14-28)29(16)20-5-2-15(10-25)11-27-20/h2,5,7,9,11-12,16-17H,3-4,6,8,13-14H2,1H3/t16-,17?/m0/s1. The highest BCUT2D eigenvalue weighted by Gasteiger charge is 2.43. The van der Waals surface area contributed by atoms with Gasteiger partial charge in [0, 0.05) is 50.4 Å². The summed E-state index contributed by atoms with van der Waals surface area (Å²) in [6, 6.07) is 7.04. The van der Waals surface area contributed by atoms with E-state index in [-0.39, 0.29) is 35.7 Å². The Morgan fingerprint density at radius 2 is 2.00 bits per heavy atom. The number of pyridine rings is 2. The number of hydrogen-bond donors (Lipinski definition) is 0. The first kappa shape index (κ1) is 21.0. The van der Waals surface area contributed by atoms with Gasteiger partial charge in [-0.25, -0.2) is 13.8 Å². The Morgan fingerprint density at radius 1 is 1.26 bits per heavy atom. The van der Waals surface area contributed by atoms with Crippen LogP contribution in [0.4, 0.5) is 14.6 Å². The molecule has 4 heterocycles. The fraction of sp³-hybridized carbons (Fsp3) is 0.455. The number of amides is 1. The van der Waals surface area contributed by atoms with Gasteiger partial charge in [0.25, 0.3) is 5.92 Å². The first-order valence-corrected chi connectivity index (χ1v) is 10.2. The van der Waals surface area contributed by atoms with Crippen LogP contribution in [0.15, 0.2) is 36.8 Å². The maximum atomic E-state index is 14.7. The lowest BCUT2D eigenvalue weighted by Crippen LogP contribution is -2.55. The van der Waals surface area contributed by atoms with Crippen molar-refractivity contribution in [3.05, 3.63) is 47.9 Å². The molecule has 9 heteroatoms. The van der Waals surface area contributed by atoms with Crippen LogP contribution in [0.1, 0.15) is 36.8 Å². The number of methoxy groups -OCH3 is 1. The number of likely N-dealkylation sites (tertiary alicyclic amines) is 1. The maximum absolute atomic E-state index is 14.7. The summed E-state index contributed by atoms with van der Waals surface area (Å²) >= 11 is 0. The first-order valence-electron chi connectivity index (χ1n) is 10.2. The lowest BCUT2D eigenvalue weighted by Gasteiger charge is -2.42. The van der Waals surface area contributed by atoms with Crippen molar-refractivity contribution in [2.45, 2.75) is 43.7 Å². The molecule has 2 aliphatic rings. The summed E-state index contributed by atoms with van der Waals surface area (Å²) < 4.78 is 34.4. The van der Waals surface area contributed by atoms with Gasteiger partial charge in [-0.05, 0) is 31.0 Å². The molecule has 1 unspecified atom stereocenters. The van der Waals surface area contributed by atoms with Gasteiger partial charge in [-0.2, -0.15) is 5.26 Å². The van der Waals surface area contributed by atoms with Crippen molar-refractivity contribution in [1.82, 2.24) is 14.9 Å². The second-order valence-electron chi connectivity index (χ2n) is 7.89. The number of carbonyl (C=O) groups is 1. The van der Waals surface area contributed by atoms with E-state index < -0.39 is 12.3 Å². The van der Waals surface area contributed by atoms with E-state index in [0.717, 1.165) is 18.7 Å². The third kappa shape index (κ3) is 4.15. The van der Waals surface area contributed by atoms with Gasteiger partial charge in [0.1, 0.15) is 17.6 Å². The van der Waals surface area contributed by atoms with Crippen LogP contribution >= 0.6 is 0 Å². The van der Waals surface area contributed by atoms with Crippen LogP contribution in [0.25, 0.3) is 0 Å². The number of rotatable bonds is 6. The summed E-state index contributed by atoms with van der Waals surface area (Å²) in [7, 11) is 1.32. The van der Waals surface area contributed by atoms with Crippen LogP contribution in [0.2, 0.25) is 0 Å². The lowest BCUT2D eigenvalue weighted by atomic mass is 10.0. The highest BCUT2D eigenvalue weighted by molar-refractivity contribution is 5.77. The van der Waals surface area contributed by atoms with Gasteiger partial charge in [0.15, 0.2) is 0 Å². The van der Waals surface area contributed by atoms with Gasteiger partial charge in [0.2, 0.25) is 5.91 Å². The van der Waals surface area contributed by atoms with Gasteiger partial charge in [-0.15, -0.1) is 0 Å². The van der Waals surface area contributed by atoms with E-state index in [9.17, 15) is 13.6 Å². The molecule has 7 nitrogen and oxygen atoms in total. The molecule has 0 aliphatic carbocycles. The Hall–Kier alpha value is -3.28. The largest absolute Gasteiger partial charge is 0.495 e. The zero-order chi connectivity index (χ0) is 22.0. The lowest BCUT2D eigenvalue weighted by molar-refractivity contribution is -0.134. The number of piperazine rings is 1. The average molecular weight is 427 g/mol. The number of nitriles is 1. The minimum atomic E-state index is -3.18. The molecule has 0 N–H and O–H groups in total. The van der Waals surface area contributed by atoms with Gasteiger partial charge < -0.3 is 14.5 Å². The van der Waals surface area contributed by atoms with Crippen LogP contribution in [-0.2, 0) is 10.7 Å². The van der Waals surface area contributed by atoms with Gasteiger partial charge in [0.05, 0.1) is 24.4 Å².